The average Bonchev–Trinajstić information content (AvgIpc) is 3.02. The molecule has 168 valence electrons. The van der Waals surface area contributed by atoms with E-state index in [9.17, 15) is 19.7 Å². The van der Waals surface area contributed by atoms with Gasteiger partial charge in [0, 0.05) is 36.5 Å². The Morgan fingerprint density at radius 1 is 0.969 bits per heavy atom. The number of anilines is 1. The van der Waals surface area contributed by atoms with Gasteiger partial charge in [-0.3, -0.25) is 24.6 Å². The number of benzene rings is 2. The molecule has 32 heavy (non-hydrogen) atoms. The van der Waals surface area contributed by atoms with Crippen molar-refractivity contribution in [3.05, 3.63) is 57.8 Å². The summed E-state index contributed by atoms with van der Waals surface area (Å²) in [6, 6.07) is 8.71. The molecule has 1 N–H and O–H groups in total. The predicted molar refractivity (Wildman–Crippen MR) is 117 cm³/mol. The van der Waals surface area contributed by atoms with Gasteiger partial charge in [-0.2, -0.15) is 0 Å². The van der Waals surface area contributed by atoms with E-state index in [0.717, 1.165) is 4.90 Å². The van der Waals surface area contributed by atoms with Crippen LogP contribution in [-0.4, -0.2) is 49.5 Å². The number of methoxy groups -OCH3 is 3. The van der Waals surface area contributed by atoms with Crippen molar-refractivity contribution < 1.29 is 28.7 Å². The molecule has 0 spiro atoms. The number of nitro benzene ring substituents is 1. The molecule has 10 nitrogen and oxygen atoms in total. The number of nitrogens with one attached hydrogen (secondary N) is 1. The lowest BCUT2D eigenvalue weighted by Gasteiger charge is -2.16. The van der Waals surface area contributed by atoms with Gasteiger partial charge in [0.1, 0.15) is 5.70 Å². The summed E-state index contributed by atoms with van der Waals surface area (Å²) in [5, 5.41) is 14.0. The van der Waals surface area contributed by atoms with Gasteiger partial charge in [0.15, 0.2) is 11.5 Å². The second kappa shape index (κ2) is 9.38. The van der Waals surface area contributed by atoms with Crippen molar-refractivity contribution in [3.8, 4) is 17.2 Å². The maximum Gasteiger partial charge on any atom is 0.278 e. The van der Waals surface area contributed by atoms with Gasteiger partial charge in [-0.1, -0.05) is 6.92 Å². The van der Waals surface area contributed by atoms with E-state index >= 15 is 0 Å². The first-order valence-electron chi connectivity index (χ1n) is 9.78. The lowest BCUT2D eigenvalue weighted by molar-refractivity contribution is -0.384. The second-order valence-corrected chi connectivity index (χ2v) is 6.85. The zero-order valence-electron chi connectivity index (χ0n) is 18.1. The normalized spacial score (nSPS) is 13.4. The van der Waals surface area contributed by atoms with E-state index in [1.54, 1.807) is 12.1 Å². The van der Waals surface area contributed by atoms with Crippen LogP contribution in [-0.2, 0) is 9.59 Å². The topological polar surface area (TPSA) is 120 Å². The summed E-state index contributed by atoms with van der Waals surface area (Å²) in [6.07, 6.45) is 0.586. The number of amides is 2. The Balaban J connectivity index is 2.11. The maximum absolute atomic E-state index is 13.1. The Labute approximate surface area is 184 Å². The van der Waals surface area contributed by atoms with Gasteiger partial charge >= 0.3 is 0 Å². The van der Waals surface area contributed by atoms with Crippen LogP contribution in [0, 0.1) is 10.1 Å². The third kappa shape index (κ3) is 4.07. The van der Waals surface area contributed by atoms with Gasteiger partial charge < -0.3 is 19.5 Å². The van der Waals surface area contributed by atoms with Crippen molar-refractivity contribution in [2.45, 2.75) is 13.3 Å². The first-order chi connectivity index (χ1) is 15.4. The highest BCUT2D eigenvalue weighted by Gasteiger charge is 2.39. The summed E-state index contributed by atoms with van der Waals surface area (Å²) < 4.78 is 16.0. The number of carbonyl (C=O) groups excluding carboxylic acids is 2. The van der Waals surface area contributed by atoms with Crippen molar-refractivity contribution in [1.29, 1.82) is 0 Å². The number of imide groups is 1. The first kappa shape index (κ1) is 22.6. The SMILES string of the molecule is CCCN1C(=O)C(Nc2cc(OC)c(OC)c(OC)c2)=C(c2ccc([N+](=O)[O-])cc2)C1=O. The quantitative estimate of drug-likeness (QED) is 0.358. The summed E-state index contributed by atoms with van der Waals surface area (Å²) in [4.78, 5) is 37.8. The van der Waals surface area contributed by atoms with Crippen LogP contribution in [0.2, 0.25) is 0 Å². The summed E-state index contributed by atoms with van der Waals surface area (Å²) in [7, 11) is 4.41. The minimum Gasteiger partial charge on any atom is -0.493 e. The van der Waals surface area contributed by atoms with E-state index in [-0.39, 0.29) is 23.5 Å². The van der Waals surface area contributed by atoms with Gasteiger partial charge in [0.2, 0.25) is 5.75 Å². The number of non-ortho nitro benzene ring substituents is 1. The molecule has 1 aliphatic rings. The molecule has 0 radical (unpaired) electrons. The fourth-order valence-electron chi connectivity index (χ4n) is 3.43. The predicted octanol–water partition coefficient (Wildman–Crippen LogP) is 3.22. The van der Waals surface area contributed by atoms with Gasteiger partial charge in [0.05, 0.1) is 31.8 Å². The van der Waals surface area contributed by atoms with Crippen LogP contribution in [0.15, 0.2) is 42.1 Å². The smallest absolute Gasteiger partial charge is 0.278 e. The van der Waals surface area contributed by atoms with Crippen molar-refractivity contribution in [3.63, 3.8) is 0 Å². The van der Waals surface area contributed by atoms with E-state index in [2.05, 4.69) is 5.32 Å². The Kier molecular flexibility index (Phi) is 6.62. The fourth-order valence-corrected chi connectivity index (χ4v) is 3.43. The van der Waals surface area contributed by atoms with Gasteiger partial charge in [-0.15, -0.1) is 0 Å². The van der Waals surface area contributed by atoms with E-state index < -0.39 is 16.7 Å². The molecule has 10 heteroatoms. The molecule has 0 saturated carbocycles. The highest BCUT2D eigenvalue weighted by molar-refractivity contribution is 6.36. The number of rotatable bonds is 9. The number of nitro groups is 1. The van der Waals surface area contributed by atoms with Crippen LogP contribution in [0.5, 0.6) is 17.2 Å². The average molecular weight is 441 g/mol. The number of nitrogens with zero attached hydrogens (tertiary/aromatic N) is 2. The monoisotopic (exact) mass is 441 g/mol. The molecule has 2 aromatic rings. The van der Waals surface area contributed by atoms with E-state index in [0.29, 0.717) is 34.9 Å². The highest BCUT2D eigenvalue weighted by Crippen LogP contribution is 2.41. The molecule has 0 atom stereocenters. The van der Waals surface area contributed by atoms with Crippen LogP contribution in [0.25, 0.3) is 5.57 Å². The van der Waals surface area contributed by atoms with Crippen LogP contribution in [0.1, 0.15) is 18.9 Å². The van der Waals surface area contributed by atoms with Crippen molar-refractivity contribution >= 4 is 28.8 Å². The first-order valence-corrected chi connectivity index (χ1v) is 9.78. The molecule has 3 rings (SSSR count). The van der Waals surface area contributed by atoms with Crippen molar-refractivity contribution in [2.24, 2.45) is 0 Å². The zero-order valence-corrected chi connectivity index (χ0v) is 18.1. The molecule has 0 bridgehead atoms. The summed E-state index contributed by atoms with van der Waals surface area (Å²) >= 11 is 0. The molecule has 0 saturated heterocycles. The Morgan fingerprint density at radius 3 is 2.03 bits per heavy atom. The van der Waals surface area contributed by atoms with Crippen LogP contribution >= 0.6 is 0 Å². The van der Waals surface area contributed by atoms with Crippen LogP contribution < -0.4 is 19.5 Å². The van der Waals surface area contributed by atoms with Gasteiger partial charge in [-0.05, 0) is 24.1 Å². The summed E-state index contributed by atoms with van der Waals surface area (Å²) in [6.45, 7) is 2.10. The van der Waals surface area contributed by atoms with E-state index in [1.807, 2.05) is 6.92 Å². The fraction of sp³-hybridized carbons (Fsp3) is 0.273. The number of hydrogen-bond donors (Lipinski definition) is 1. The molecule has 0 unspecified atom stereocenters. The van der Waals surface area contributed by atoms with E-state index in [1.165, 1.54) is 45.6 Å². The third-order valence-corrected chi connectivity index (χ3v) is 4.92. The molecule has 0 fully saturated rings. The summed E-state index contributed by atoms with van der Waals surface area (Å²) in [5.74, 6) is 0.161. The molecule has 1 aliphatic heterocycles. The molecule has 1 heterocycles. The minimum absolute atomic E-state index is 0.0616. The largest absolute Gasteiger partial charge is 0.493 e. The lowest BCUT2D eigenvalue weighted by atomic mass is 10.0. The molecule has 2 aromatic carbocycles. The van der Waals surface area contributed by atoms with Crippen LogP contribution in [0.3, 0.4) is 0 Å². The van der Waals surface area contributed by atoms with E-state index in [4.69, 9.17) is 14.2 Å². The minimum atomic E-state index is -0.530. The Hall–Kier alpha value is -4.08. The maximum atomic E-state index is 13.1. The second-order valence-electron chi connectivity index (χ2n) is 6.85. The molecule has 0 aromatic heterocycles. The Morgan fingerprint density at radius 2 is 1.56 bits per heavy atom. The van der Waals surface area contributed by atoms with Crippen LogP contribution in [0.4, 0.5) is 11.4 Å². The van der Waals surface area contributed by atoms with Crippen molar-refractivity contribution in [1.82, 2.24) is 4.90 Å². The van der Waals surface area contributed by atoms with Gasteiger partial charge in [0.25, 0.3) is 17.5 Å². The van der Waals surface area contributed by atoms with Crippen molar-refractivity contribution in [2.75, 3.05) is 33.2 Å². The molecule has 0 aliphatic carbocycles. The number of hydrogen-bond acceptors (Lipinski definition) is 8. The molecular formula is C22H23N3O7. The third-order valence-electron chi connectivity index (χ3n) is 4.92. The summed E-state index contributed by atoms with van der Waals surface area (Å²) in [5.41, 5.74) is 0.908. The standard InChI is InChI=1S/C22H23N3O7/c1-5-10-24-21(26)18(13-6-8-15(9-7-13)25(28)29)19(22(24)27)23-14-11-16(30-2)20(32-4)17(12-14)31-3/h6-9,11-12,23H,5,10H2,1-4H3. The molecular weight excluding hydrogens is 418 g/mol. The zero-order chi connectivity index (χ0) is 23.4. The highest BCUT2D eigenvalue weighted by atomic mass is 16.6. The number of ether oxygens (including phenoxy) is 3. The van der Waals surface area contributed by atoms with Gasteiger partial charge in [-0.25, -0.2) is 0 Å². The molecule has 2 amide bonds. The Bertz CT molecular complexity index is 1070. The number of carbonyl (C=O) groups is 2. The lowest BCUT2D eigenvalue weighted by Crippen LogP contribution is -2.33.